The molecule has 3 heterocycles. The van der Waals surface area contributed by atoms with E-state index in [-0.39, 0.29) is 11.8 Å². The van der Waals surface area contributed by atoms with Gasteiger partial charge in [0.25, 0.3) is 0 Å². The lowest BCUT2D eigenvalue weighted by atomic mass is 10.1. The number of rotatable bonds is 7. The third-order valence-corrected chi connectivity index (χ3v) is 4.47. The maximum Gasteiger partial charge on any atom is 0.227 e. The number of hydrogen-bond donors (Lipinski definition) is 2. The molecule has 136 valence electrons. The average molecular weight is 346 g/mol. The highest BCUT2D eigenvalue weighted by Gasteiger charge is 2.23. The number of aromatic amines is 1. The summed E-state index contributed by atoms with van der Waals surface area (Å²) in [6, 6.07) is 0. The minimum absolute atomic E-state index is 0.0407. The van der Waals surface area contributed by atoms with Crippen LogP contribution in [-0.4, -0.2) is 51.1 Å². The van der Waals surface area contributed by atoms with Crippen LogP contribution >= 0.6 is 0 Å². The number of aromatic nitrogens is 4. The van der Waals surface area contributed by atoms with E-state index in [1.807, 2.05) is 13.8 Å². The van der Waals surface area contributed by atoms with Gasteiger partial charge in [-0.2, -0.15) is 4.98 Å². The molecule has 8 heteroatoms. The van der Waals surface area contributed by atoms with Crippen molar-refractivity contribution in [3.05, 3.63) is 29.4 Å². The van der Waals surface area contributed by atoms with Crippen molar-refractivity contribution in [2.24, 2.45) is 0 Å². The Kier molecular flexibility index (Phi) is 5.47. The fourth-order valence-electron chi connectivity index (χ4n) is 2.94. The second kappa shape index (κ2) is 7.77. The number of likely N-dealkylation sites (tertiary alicyclic amines) is 1. The van der Waals surface area contributed by atoms with E-state index in [0.717, 1.165) is 31.0 Å². The molecule has 0 aliphatic carbocycles. The SMILES string of the molecule is CC(C)c1noc(CCC(=O)NCc2cnc([C@H]3CCN(C)C3)[nH]2)n1. The monoisotopic (exact) mass is 346 g/mol. The number of amides is 1. The second-order valence-corrected chi connectivity index (χ2v) is 7.02. The molecule has 1 aliphatic heterocycles. The van der Waals surface area contributed by atoms with Crippen LogP contribution in [0.15, 0.2) is 10.7 Å². The van der Waals surface area contributed by atoms with E-state index in [4.69, 9.17) is 4.52 Å². The van der Waals surface area contributed by atoms with E-state index in [9.17, 15) is 4.79 Å². The molecule has 1 saturated heterocycles. The van der Waals surface area contributed by atoms with Crippen LogP contribution in [0.25, 0.3) is 0 Å². The quantitative estimate of drug-likeness (QED) is 0.789. The first-order valence-corrected chi connectivity index (χ1v) is 8.82. The van der Waals surface area contributed by atoms with Crippen molar-refractivity contribution in [2.45, 2.75) is 51.5 Å². The molecule has 2 N–H and O–H groups in total. The zero-order chi connectivity index (χ0) is 17.8. The standard InChI is InChI=1S/C17H26N6O2/c1-11(2)16-21-15(25-22-16)5-4-14(24)18-8-13-9-19-17(20-13)12-6-7-23(3)10-12/h9,11-12H,4-8,10H2,1-3H3,(H,18,24)(H,19,20)/t12-/m0/s1. The summed E-state index contributed by atoms with van der Waals surface area (Å²) in [5, 5.41) is 6.80. The number of imidazole rings is 1. The smallest absolute Gasteiger partial charge is 0.227 e. The molecule has 0 saturated carbocycles. The van der Waals surface area contributed by atoms with Crippen LogP contribution in [0.4, 0.5) is 0 Å². The van der Waals surface area contributed by atoms with Crippen molar-refractivity contribution in [2.75, 3.05) is 20.1 Å². The van der Waals surface area contributed by atoms with Gasteiger partial charge in [-0.15, -0.1) is 0 Å². The van der Waals surface area contributed by atoms with Gasteiger partial charge in [-0.25, -0.2) is 4.98 Å². The fraction of sp³-hybridized carbons (Fsp3) is 0.647. The van der Waals surface area contributed by atoms with Gasteiger partial charge < -0.3 is 19.7 Å². The van der Waals surface area contributed by atoms with Gasteiger partial charge in [-0.1, -0.05) is 19.0 Å². The summed E-state index contributed by atoms with van der Waals surface area (Å²) in [5.41, 5.74) is 0.929. The highest BCUT2D eigenvalue weighted by molar-refractivity contribution is 5.75. The van der Waals surface area contributed by atoms with Crippen LogP contribution in [-0.2, 0) is 17.8 Å². The summed E-state index contributed by atoms with van der Waals surface area (Å²) in [7, 11) is 2.12. The number of nitrogens with zero attached hydrogens (tertiary/aromatic N) is 4. The predicted molar refractivity (Wildman–Crippen MR) is 92.0 cm³/mol. The molecule has 2 aromatic rings. The molecule has 0 spiro atoms. The lowest BCUT2D eigenvalue weighted by Gasteiger charge is -2.07. The van der Waals surface area contributed by atoms with Crippen LogP contribution in [0.1, 0.15) is 61.8 Å². The van der Waals surface area contributed by atoms with Gasteiger partial charge in [-0.3, -0.25) is 4.79 Å². The molecule has 1 aliphatic rings. The zero-order valence-corrected chi connectivity index (χ0v) is 15.1. The molecule has 25 heavy (non-hydrogen) atoms. The summed E-state index contributed by atoms with van der Waals surface area (Å²) in [6.45, 7) is 6.59. The highest BCUT2D eigenvalue weighted by Crippen LogP contribution is 2.23. The molecule has 0 radical (unpaired) electrons. The molecule has 1 atom stereocenters. The van der Waals surface area contributed by atoms with Crippen LogP contribution < -0.4 is 5.32 Å². The summed E-state index contributed by atoms with van der Waals surface area (Å²) in [5.74, 6) is 2.84. The van der Waals surface area contributed by atoms with E-state index in [1.54, 1.807) is 6.20 Å². The average Bonchev–Trinajstić information content (AvgIpc) is 3.31. The lowest BCUT2D eigenvalue weighted by molar-refractivity contribution is -0.121. The molecule has 0 unspecified atom stereocenters. The van der Waals surface area contributed by atoms with E-state index in [1.165, 1.54) is 0 Å². The van der Waals surface area contributed by atoms with Gasteiger partial charge in [0, 0.05) is 31.2 Å². The van der Waals surface area contributed by atoms with Crippen LogP contribution in [0.3, 0.4) is 0 Å². The fourth-order valence-corrected chi connectivity index (χ4v) is 2.94. The van der Waals surface area contributed by atoms with Crippen molar-refractivity contribution in [3.63, 3.8) is 0 Å². The molecular weight excluding hydrogens is 320 g/mol. The molecule has 1 fully saturated rings. The van der Waals surface area contributed by atoms with Crippen molar-refractivity contribution in [1.82, 2.24) is 30.3 Å². The van der Waals surface area contributed by atoms with E-state index < -0.39 is 0 Å². The van der Waals surface area contributed by atoms with Crippen LogP contribution in [0.5, 0.6) is 0 Å². The maximum atomic E-state index is 12.0. The molecule has 2 aromatic heterocycles. The van der Waals surface area contributed by atoms with E-state index in [0.29, 0.717) is 37.0 Å². The lowest BCUT2D eigenvalue weighted by Crippen LogP contribution is -2.23. The topological polar surface area (TPSA) is 99.9 Å². The normalized spacial score (nSPS) is 18.2. The molecule has 0 aromatic carbocycles. The van der Waals surface area contributed by atoms with Crippen molar-refractivity contribution < 1.29 is 9.32 Å². The Labute approximate surface area is 147 Å². The van der Waals surface area contributed by atoms with Gasteiger partial charge in [0.15, 0.2) is 5.82 Å². The minimum atomic E-state index is -0.0407. The van der Waals surface area contributed by atoms with Crippen molar-refractivity contribution in [1.29, 1.82) is 0 Å². The Morgan fingerprint density at radius 2 is 2.36 bits per heavy atom. The van der Waals surface area contributed by atoms with Crippen molar-refractivity contribution >= 4 is 5.91 Å². The first-order valence-electron chi connectivity index (χ1n) is 8.82. The number of H-pyrrole nitrogens is 1. The maximum absolute atomic E-state index is 12.0. The predicted octanol–water partition coefficient (Wildman–Crippen LogP) is 1.58. The molecule has 8 nitrogen and oxygen atoms in total. The third kappa shape index (κ3) is 4.66. The zero-order valence-electron chi connectivity index (χ0n) is 15.1. The Morgan fingerprint density at radius 3 is 3.04 bits per heavy atom. The summed E-state index contributed by atoms with van der Waals surface area (Å²) in [6.07, 6.45) is 3.71. The molecule has 1 amide bonds. The highest BCUT2D eigenvalue weighted by atomic mass is 16.5. The van der Waals surface area contributed by atoms with E-state index >= 15 is 0 Å². The molecule has 3 rings (SSSR count). The number of carbonyl (C=O) groups is 1. The summed E-state index contributed by atoms with van der Waals surface area (Å²) >= 11 is 0. The Balaban J connectivity index is 1.42. The third-order valence-electron chi connectivity index (χ3n) is 4.47. The number of likely N-dealkylation sites (N-methyl/N-ethyl adjacent to an activating group) is 1. The largest absolute Gasteiger partial charge is 0.350 e. The molecule has 0 bridgehead atoms. The Bertz CT molecular complexity index is 708. The minimum Gasteiger partial charge on any atom is -0.350 e. The van der Waals surface area contributed by atoms with E-state index in [2.05, 4.69) is 37.4 Å². The van der Waals surface area contributed by atoms with Crippen LogP contribution in [0.2, 0.25) is 0 Å². The first-order chi connectivity index (χ1) is 12.0. The van der Waals surface area contributed by atoms with Gasteiger partial charge in [0.05, 0.1) is 18.4 Å². The summed E-state index contributed by atoms with van der Waals surface area (Å²) in [4.78, 5) is 26.4. The van der Waals surface area contributed by atoms with Gasteiger partial charge >= 0.3 is 0 Å². The number of hydrogen-bond acceptors (Lipinski definition) is 6. The first kappa shape index (κ1) is 17.6. The Hall–Kier alpha value is -2.22. The second-order valence-electron chi connectivity index (χ2n) is 7.02. The van der Waals surface area contributed by atoms with Crippen LogP contribution in [0, 0.1) is 0 Å². The number of aryl methyl sites for hydroxylation is 1. The van der Waals surface area contributed by atoms with Gasteiger partial charge in [0.1, 0.15) is 5.82 Å². The number of nitrogens with one attached hydrogen (secondary N) is 2. The van der Waals surface area contributed by atoms with Crippen molar-refractivity contribution in [3.8, 4) is 0 Å². The summed E-state index contributed by atoms with van der Waals surface area (Å²) < 4.78 is 5.15. The number of carbonyl (C=O) groups excluding carboxylic acids is 1. The van der Waals surface area contributed by atoms with Gasteiger partial charge in [0.2, 0.25) is 11.8 Å². The van der Waals surface area contributed by atoms with Gasteiger partial charge in [-0.05, 0) is 20.0 Å². The molecular formula is C17H26N6O2. The Morgan fingerprint density at radius 1 is 1.52 bits per heavy atom.